The van der Waals surface area contributed by atoms with Crippen molar-refractivity contribution in [2.24, 2.45) is 0 Å². The second kappa shape index (κ2) is 5.92. The zero-order valence-electron chi connectivity index (χ0n) is 8.84. The third-order valence-electron chi connectivity index (χ3n) is 2.10. The van der Waals surface area contributed by atoms with Crippen molar-refractivity contribution in [1.82, 2.24) is 10.6 Å². The lowest BCUT2D eigenvalue weighted by Crippen LogP contribution is -2.26. The number of amides is 1. The van der Waals surface area contributed by atoms with Crippen LogP contribution in [0.1, 0.15) is 25.1 Å². The Labute approximate surface area is 97.5 Å². The number of furan rings is 1. The lowest BCUT2D eigenvalue weighted by Gasteiger charge is -2.10. The van der Waals surface area contributed by atoms with Gasteiger partial charge < -0.3 is 15.1 Å². The van der Waals surface area contributed by atoms with Gasteiger partial charge in [0, 0.05) is 20.0 Å². The van der Waals surface area contributed by atoms with E-state index in [0.29, 0.717) is 13.0 Å². The summed E-state index contributed by atoms with van der Waals surface area (Å²) in [6.07, 6.45) is 0.475. The molecule has 1 heterocycles. The second-order valence-corrected chi connectivity index (χ2v) is 4.02. The van der Waals surface area contributed by atoms with E-state index in [2.05, 4.69) is 26.6 Å². The van der Waals surface area contributed by atoms with E-state index in [0.717, 1.165) is 10.4 Å². The van der Waals surface area contributed by atoms with Gasteiger partial charge in [0.05, 0.1) is 6.04 Å². The van der Waals surface area contributed by atoms with Crippen LogP contribution in [0, 0.1) is 0 Å². The number of halogens is 1. The fourth-order valence-corrected chi connectivity index (χ4v) is 1.51. The molecule has 4 nitrogen and oxygen atoms in total. The second-order valence-electron chi connectivity index (χ2n) is 3.24. The molecule has 84 valence electrons. The minimum atomic E-state index is 0.0373. The third kappa shape index (κ3) is 4.05. The molecule has 0 aliphatic heterocycles. The quantitative estimate of drug-likeness (QED) is 0.862. The average molecular weight is 275 g/mol. The summed E-state index contributed by atoms with van der Waals surface area (Å²) in [6.45, 7) is 2.63. The van der Waals surface area contributed by atoms with Gasteiger partial charge in [-0.05, 0) is 35.0 Å². The molecular weight excluding hydrogens is 260 g/mol. The van der Waals surface area contributed by atoms with Crippen LogP contribution in [0.2, 0.25) is 0 Å². The maximum Gasteiger partial charge on any atom is 0.221 e. The lowest BCUT2D eigenvalue weighted by atomic mass is 10.2. The van der Waals surface area contributed by atoms with E-state index in [9.17, 15) is 4.79 Å². The van der Waals surface area contributed by atoms with E-state index in [-0.39, 0.29) is 11.9 Å². The summed E-state index contributed by atoms with van der Waals surface area (Å²) in [5.41, 5.74) is 0. The Hall–Kier alpha value is -0.810. The zero-order valence-corrected chi connectivity index (χ0v) is 10.4. The van der Waals surface area contributed by atoms with Crippen molar-refractivity contribution in [3.05, 3.63) is 22.6 Å². The molecule has 0 aliphatic carbocycles. The normalized spacial score (nSPS) is 12.5. The number of hydrogen-bond acceptors (Lipinski definition) is 3. The number of carbonyl (C=O) groups excluding carboxylic acids is 1. The third-order valence-corrected chi connectivity index (χ3v) is 2.53. The minimum absolute atomic E-state index is 0.0373. The predicted molar refractivity (Wildman–Crippen MR) is 61.5 cm³/mol. The average Bonchev–Trinajstić information content (AvgIpc) is 2.64. The Morgan fingerprint density at radius 3 is 2.87 bits per heavy atom. The molecule has 15 heavy (non-hydrogen) atoms. The molecule has 1 atom stereocenters. The molecular formula is C10H15BrN2O2. The molecule has 0 saturated heterocycles. The standard InChI is InChI=1S/C10H15BrN2O2/c1-7(8-3-4-9(11)15-8)13-6-5-10(14)12-2/h3-4,7,13H,5-6H2,1-2H3,(H,12,14). The molecule has 1 aromatic rings. The molecule has 0 aromatic carbocycles. The van der Waals surface area contributed by atoms with Crippen LogP contribution in [0.5, 0.6) is 0 Å². The van der Waals surface area contributed by atoms with Gasteiger partial charge in [0.15, 0.2) is 4.67 Å². The molecule has 1 rings (SSSR count). The summed E-state index contributed by atoms with van der Waals surface area (Å²) in [7, 11) is 1.63. The molecule has 5 heteroatoms. The van der Waals surface area contributed by atoms with Crippen LogP contribution in [-0.2, 0) is 4.79 Å². The van der Waals surface area contributed by atoms with Crippen molar-refractivity contribution in [2.75, 3.05) is 13.6 Å². The largest absolute Gasteiger partial charge is 0.453 e. The monoisotopic (exact) mass is 274 g/mol. The van der Waals surface area contributed by atoms with Crippen molar-refractivity contribution in [1.29, 1.82) is 0 Å². The summed E-state index contributed by atoms with van der Waals surface area (Å²) in [5.74, 6) is 0.897. The Kier molecular flexibility index (Phi) is 4.84. The molecule has 0 spiro atoms. The summed E-state index contributed by atoms with van der Waals surface area (Å²) < 4.78 is 6.10. The molecule has 0 aliphatic rings. The predicted octanol–water partition coefficient (Wildman–Crippen LogP) is 1.83. The van der Waals surface area contributed by atoms with Crippen LogP contribution >= 0.6 is 15.9 Å². The number of nitrogens with one attached hydrogen (secondary N) is 2. The highest BCUT2D eigenvalue weighted by Crippen LogP contribution is 2.19. The van der Waals surface area contributed by atoms with Crippen molar-refractivity contribution >= 4 is 21.8 Å². The van der Waals surface area contributed by atoms with Gasteiger partial charge in [-0.25, -0.2) is 0 Å². The number of hydrogen-bond donors (Lipinski definition) is 2. The van der Waals surface area contributed by atoms with E-state index >= 15 is 0 Å². The van der Waals surface area contributed by atoms with E-state index < -0.39 is 0 Å². The molecule has 0 saturated carbocycles. The zero-order chi connectivity index (χ0) is 11.3. The van der Waals surface area contributed by atoms with Crippen LogP contribution in [0.4, 0.5) is 0 Å². The van der Waals surface area contributed by atoms with Crippen molar-refractivity contribution in [3.63, 3.8) is 0 Å². The van der Waals surface area contributed by atoms with Gasteiger partial charge in [-0.1, -0.05) is 0 Å². The molecule has 0 bridgehead atoms. The Balaban J connectivity index is 2.30. The number of rotatable bonds is 5. The van der Waals surface area contributed by atoms with E-state index in [1.54, 1.807) is 7.05 Å². The van der Waals surface area contributed by atoms with Gasteiger partial charge in [-0.15, -0.1) is 0 Å². The van der Waals surface area contributed by atoms with Gasteiger partial charge in [-0.3, -0.25) is 4.79 Å². The Morgan fingerprint density at radius 1 is 1.60 bits per heavy atom. The highest BCUT2D eigenvalue weighted by atomic mass is 79.9. The van der Waals surface area contributed by atoms with Gasteiger partial charge in [0.1, 0.15) is 5.76 Å². The first-order chi connectivity index (χ1) is 7.13. The highest BCUT2D eigenvalue weighted by molar-refractivity contribution is 9.10. The molecule has 1 amide bonds. The lowest BCUT2D eigenvalue weighted by molar-refractivity contribution is -0.120. The van der Waals surface area contributed by atoms with Crippen LogP contribution in [0.15, 0.2) is 21.2 Å². The van der Waals surface area contributed by atoms with Gasteiger partial charge >= 0.3 is 0 Å². The molecule has 0 radical (unpaired) electrons. The first-order valence-electron chi connectivity index (χ1n) is 4.82. The summed E-state index contributed by atoms with van der Waals surface area (Å²) in [4.78, 5) is 11.0. The highest BCUT2D eigenvalue weighted by Gasteiger charge is 2.09. The topological polar surface area (TPSA) is 54.3 Å². The molecule has 2 N–H and O–H groups in total. The maximum absolute atomic E-state index is 11.0. The SMILES string of the molecule is CNC(=O)CCNC(C)c1ccc(Br)o1. The first-order valence-corrected chi connectivity index (χ1v) is 5.62. The number of carbonyl (C=O) groups is 1. The Bertz CT molecular complexity index is 325. The fraction of sp³-hybridized carbons (Fsp3) is 0.500. The minimum Gasteiger partial charge on any atom is -0.453 e. The molecule has 1 aromatic heterocycles. The van der Waals surface area contributed by atoms with E-state index in [1.165, 1.54) is 0 Å². The van der Waals surface area contributed by atoms with Crippen LogP contribution in [0.25, 0.3) is 0 Å². The van der Waals surface area contributed by atoms with Crippen LogP contribution < -0.4 is 10.6 Å². The van der Waals surface area contributed by atoms with Crippen molar-refractivity contribution < 1.29 is 9.21 Å². The summed E-state index contributed by atoms with van der Waals surface area (Å²) in [5, 5.41) is 5.77. The van der Waals surface area contributed by atoms with E-state index in [4.69, 9.17) is 4.42 Å². The van der Waals surface area contributed by atoms with Crippen LogP contribution in [-0.4, -0.2) is 19.5 Å². The van der Waals surface area contributed by atoms with Gasteiger partial charge in [0.25, 0.3) is 0 Å². The smallest absolute Gasteiger partial charge is 0.221 e. The molecule has 0 fully saturated rings. The molecule has 1 unspecified atom stereocenters. The van der Waals surface area contributed by atoms with Gasteiger partial charge in [-0.2, -0.15) is 0 Å². The van der Waals surface area contributed by atoms with Crippen LogP contribution in [0.3, 0.4) is 0 Å². The summed E-state index contributed by atoms with van der Waals surface area (Å²) >= 11 is 3.24. The van der Waals surface area contributed by atoms with Gasteiger partial charge in [0.2, 0.25) is 5.91 Å². The van der Waals surface area contributed by atoms with Crippen molar-refractivity contribution in [3.8, 4) is 0 Å². The fourth-order valence-electron chi connectivity index (χ4n) is 1.19. The first kappa shape index (κ1) is 12.3. The van der Waals surface area contributed by atoms with Crippen molar-refractivity contribution in [2.45, 2.75) is 19.4 Å². The van der Waals surface area contributed by atoms with E-state index in [1.807, 2.05) is 19.1 Å². The maximum atomic E-state index is 11.0. The summed E-state index contributed by atoms with van der Waals surface area (Å²) in [6, 6.07) is 3.87. The Morgan fingerprint density at radius 2 is 2.33 bits per heavy atom.